The molecule has 1 N–H and O–H groups in total. The van der Waals surface area contributed by atoms with Crippen LogP contribution in [0.25, 0.3) is 0 Å². The molecule has 0 spiro atoms. The van der Waals surface area contributed by atoms with E-state index in [9.17, 15) is 0 Å². The van der Waals surface area contributed by atoms with Crippen molar-refractivity contribution >= 4 is 0 Å². The Bertz CT molecular complexity index is 57.2. The average Bonchev–Trinajstić information content (AvgIpc) is 1.61. The smallest absolute Gasteiger partial charge is 0.0434 e. The molecule has 0 aromatic rings. The van der Waals surface area contributed by atoms with E-state index in [0.717, 1.165) is 18.4 Å². The van der Waals surface area contributed by atoms with Gasteiger partial charge in [-0.25, -0.2) is 0 Å². The molecule has 0 aliphatic heterocycles. The summed E-state index contributed by atoms with van der Waals surface area (Å²) in [7, 11) is 0. The molecule has 0 atom stereocenters. The second kappa shape index (κ2) is 3.88. The lowest BCUT2D eigenvalue weighted by Crippen LogP contribution is -1.81. The summed E-state index contributed by atoms with van der Waals surface area (Å²) in [6.07, 6.45) is 1.64. The first-order chi connectivity index (χ1) is 3.27. The fourth-order valence-corrected chi connectivity index (χ4v) is 0.358. The maximum Gasteiger partial charge on any atom is 0.0434 e. The van der Waals surface area contributed by atoms with Gasteiger partial charge in [0.15, 0.2) is 0 Å². The molecule has 0 saturated heterocycles. The minimum Gasteiger partial charge on any atom is -0.396 e. The van der Waals surface area contributed by atoms with Gasteiger partial charge in [-0.05, 0) is 19.8 Å². The first kappa shape index (κ1) is 6.70. The van der Waals surface area contributed by atoms with Crippen LogP contribution in [0, 0.1) is 6.58 Å². The van der Waals surface area contributed by atoms with Crippen molar-refractivity contribution in [3.63, 3.8) is 0 Å². The molecule has 1 heteroatoms. The largest absolute Gasteiger partial charge is 0.396 e. The number of allylic oxidation sites excluding steroid dienone is 1. The first-order valence-corrected chi connectivity index (χ1v) is 2.46. The zero-order chi connectivity index (χ0) is 5.70. The average molecular weight is 99.2 g/mol. The second-order valence-electron chi connectivity index (χ2n) is 1.67. The molecule has 7 heavy (non-hydrogen) atoms. The Hall–Kier alpha value is -0.300. The zero-order valence-corrected chi connectivity index (χ0v) is 4.65. The van der Waals surface area contributed by atoms with Crippen molar-refractivity contribution in [2.45, 2.75) is 19.8 Å². The van der Waals surface area contributed by atoms with Crippen LogP contribution >= 0.6 is 0 Å². The molecule has 0 unspecified atom stereocenters. The van der Waals surface area contributed by atoms with Crippen molar-refractivity contribution in [2.75, 3.05) is 6.61 Å². The van der Waals surface area contributed by atoms with Gasteiger partial charge in [0.1, 0.15) is 0 Å². The molecule has 1 radical (unpaired) electrons. The Kier molecular flexibility index (Phi) is 3.71. The summed E-state index contributed by atoms with van der Waals surface area (Å²) in [5.41, 5.74) is 0.897. The van der Waals surface area contributed by atoms with Crippen LogP contribution in [0.5, 0.6) is 0 Å². The van der Waals surface area contributed by atoms with Gasteiger partial charge in [0.25, 0.3) is 0 Å². The van der Waals surface area contributed by atoms with E-state index in [-0.39, 0.29) is 6.61 Å². The lowest BCUT2D eigenvalue weighted by molar-refractivity contribution is 0.288. The molecule has 41 valence electrons. The number of rotatable bonds is 3. The molecular weight excluding hydrogens is 88.1 g/mol. The molecule has 0 heterocycles. The van der Waals surface area contributed by atoms with E-state index in [0.29, 0.717) is 0 Å². The van der Waals surface area contributed by atoms with E-state index in [1.165, 1.54) is 0 Å². The maximum atomic E-state index is 8.25. The fourth-order valence-electron chi connectivity index (χ4n) is 0.358. The molecule has 0 saturated carbocycles. The van der Waals surface area contributed by atoms with Gasteiger partial charge in [-0.15, -0.1) is 0 Å². The Morgan fingerprint density at radius 2 is 2.29 bits per heavy atom. The van der Waals surface area contributed by atoms with E-state index in [4.69, 9.17) is 11.7 Å². The van der Waals surface area contributed by atoms with Crippen LogP contribution < -0.4 is 0 Å². The van der Waals surface area contributed by atoms with Gasteiger partial charge in [-0.1, -0.05) is 12.2 Å². The molecule has 0 aromatic carbocycles. The van der Waals surface area contributed by atoms with Crippen LogP contribution in [-0.4, -0.2) is 11.7 Å². The third kappa shape index (κ3) is 5.70. The highest BCUT2D eigenvalue weighted by molar-refractivity contribution is 4.83. The zero-order valence-electron chi connectivity index (χ0n) is 4.65. The van der Waals surface area contributed by atoms with Gasteiger partial charge in [0.05, 0.1) is 0 Å². The quantitative estimate of drug-likeness (QED) is 0.562. The lowest BCUT2D eigenvalue weighted by Gasteiger charge is -1.91. The van der Waals surface area contributed by atoms with Gasteiger partial charge in [0.2, 0.25) is 0 Å². The fraction of sp³-hybridized carbons (Fsp3) is 0.667. The van der Waals surface area contributed by atoms with Gasteiger partial charge < -0.3 is 5.11 Å². The van der Waals surface area contributed by atoms with Crippen LogP contribution in [0.2, 0.25) is 0 Å². The summed E-state index contributed by atoms with van der Waals surface area (Å²) in [5.74, 6) is 0. The van der Waals surface area contributed by atoms with E-state index >= 15 is 0 Å². The SMILES string of the molecule is [CH]=C(C)CCCO. The number of aliphatic hydroxyl groups excluding tert-OH is 1. The van der Waals surface area contributed by atoms with E-state index in [1.54, 1.807) is 0 Å². The monoisotopic (exact) mass is 99.1 g/mol. The molecule has 0 fully saturated rings. The minimum atomic E-state index is 0.245. The predicted molar refractivity (Wildman–Crippen MR) is 29.8 cm³/mol. The Balaban J connectivity index is 2.82. The van der Waals surface area contributed by atoms with Crippen molar-refractivity contribution in [1.82, 2.24) is 0 Å². The third-order valence-corrected chi connectivity index (χ3v) is 0.729. The number of hydrogen-bond donors (Lipinski definition) is 1. The van der Waals surface area contributed by atoms with Crippen LogP contribution in [-0.2, 0) is 0 Å². The summed E-state index contributed by atoms with van der Waals surface area (Å²) >= 11 is 0. The third-order valence-electron chi connectivity index (χ3n) is 0.729. The van der Waals surface area contributed by atoms with E-state index in [1.807, 2.05) is 6.92 Å². The Morgan fingerprint density at radius 1 is 1.71 bits per heavy atom. The molecule has 0 amide bonds. The van der Waals surface area contributed by atoms with Crippen molar-refractivity contribution in [3.05, 3.63) is 12.2 Å². The molecule has 0 aliphatic carbocycles. The van der Waals surface area contributed by atoms with Crippen LogP contribution in [0.3, 0.4) is 0 Å². The van der Waals surface area contributed by atoms with Crippen molar-refractivity contribution in [1.29, 1.82) is 0 Å². The normalized spacial score (nSPS) is 8.86. The van der Waals surface area contributed by atoms with Crippen LogP contribution in [0.4, 0.5) is 0 Å². The summed E-state index contributed by atoms with van der Waals surface area (Å²) in [6.45, 7) is 7.39. The standard InChI is InChI=1S/C6H11O/c1-6(2)4-3-5-7/h1,7H,3-5H2,2H3. The molecule has 1 nitrogen and oxygen atoms in total. The van der Waals surface area contributed by atoms with Crippen LogP contribution in [0.1, 0.15) is 19.8 Å². The summed E-state index contributed by atoms with van der Waals surface area (Å²) in [6, 6.07) is 0. The summed E-state index contributed by atoms with van der Waals surface area (Å²) in [4.78, 5) is 0. The van der Waals surface area contributed by atoms with Crippen LogP contribution in [0.15, 0.2) is 5.57 Å². The van der Waals surface area contributed by atoms with Crippen molar-refractivity contribution in [2.24, 2.45) is 0 Å². The Morgan fingerprint density at radius 3 is 2.43 bits per heavy atom. The first-order valence-electron chi connectivity index (χ1n) is 2.46. The van der Waals surface area contributed by atoms with Crippen molar-refractivity contribution < 1.29 is 5.11 Å². The van der Waals surface area contributed by atoms with Gasteiger partial charge in [0, 0.05) is 6.61 Å². The lowest BCUT2D eigenvalue weighted by atomic mass is 10.2. The summed E-state index contributed by atoms with van der Waals surface area (Å²) < 4.78 is 0. The van der Waals surface area contributed by atoms with E-state index in [2.05, 4.69) is 0 Å². The highest BCUT2D eigenvalue weighted by atomic mass is 16.2. The van der Waals surface area contributed by atoms with Gasteiger partial charge >= 0.3 is 0 Å². The molecule has 0 aromatic heterocycles. The number of hydrogen-bond acceptors (Lipinski definition) is 1. The predicted octanol–water partition coefficient (Wildman–Crippen LogP) is 1.14. The van der Waals surface area contributed by atoms with Gasteiger partial charge in [-0.3, -0.25) is 0 Å². The van der Waals surface area contributed by atoms with Gasteiger partial charge in [-0.2, -0.15) is 0 Å². The second-order valence-corrected chi connectivity index (χ2v) is 1.67. The maximum absolute atomic E-state index is 8.25. The highest BCUT2D eigenvalue weighted by Crippen LogP contribution is 1.96. The van der Waals surface area contributed by atoms with Crippen molar-refractivity contribution in [3.8, 4) is 0 Å². The molecule has 0 rings (SSSR count). The molecular formula is C6H11O. The molecule has 0 aliphatic rings. The Labute approximate surface area is 44.7 Å². The minimum absolute atomic E-state index is 0.245. The molecule has 0 bridgehead atoms. The number of aliphatic hydroxyl groups is 1. The topological polar surface area (TPSA) is 20.2 Å². The van der Waals surface area contributed by atoms with E-state index < -0.39 is 0 Å². The highest BCUT2D eigenvalue weighted by Gasteiger charge is 1.82. The summed E-state index contributed by atoms with van der Waals surface area (Å²) in [5, 5.41) is 8.25.